The molecular formula is C9H18N2O4. The van der Waals surface area contributed by atoms with Gasteiger partial charge in [-0.25, -0.2) is 0 Å². The van der Waals surface area contributed by atoms with E-state index in [-0.39, 0.29) is 19.6 Å². The van der Waals surface area contributed by atoms with Crippen molar-refractivity contribution >= 4 is 11.9 Å². The molecule has 2 atom stereocenters. The van der Waals surface area contributed by atoms with Gasteiger partial charge in [0.25, 0.3) is 0 Å². The van der Waals surface area contributed by atoms with E-state index in [1.54, 1.807) is 13.8 Å². The Morgan fingerprint density at radius 1 is 1.53 bits per heavy atom. The third kappa shape index (κ3) is 6.87. The Labute approximate surface area is 88.8 Å². The number of primary amides is 1. The number of nitrogens with two attached hydrogens (primary N) is 1. The average molecular weight is 218 g/mol. The van der Waals surface area contributed by atoms with Gasteiger partial charge in [0, 0.05) is 6.54 Å². The fourth-order valence-electron chi connectivity index (χ4n) is 0.898. The Morgan fingerprint density at radius 3 is 2.60 bits per heavy atom. The standard InChI is InChI=1S/C9H18N2O4/c1-3-15-8(13)4-7(12)5-11-6(2)9(10)14/h6-7,11-12H,3-5H2,1-2H3,(H2,10,14). The first-order valence-electron chi connectivity index (χ1n) is 4.83. The smallest absolute Gasteiger partial charge is 0.308 e. The summed E-state index contributed by atoms with van der Waals surface area (Å²) < 4.78 is 4.65. The zero-order chi connectivity index (χ0) is 11.8. The molecule has 0 heterocycles. The van der Waals surface area contributed by atoms with Crippen molar-refractivity contribution in [3.63, 3.8) is 0 Å². The Bertz CT molecular complexity index is 220. The molecule has 0 bridgehead atoms. The van der Waals surface area contributed by atoms with E-state index in [1.165, 1.54) is 0 Å². The van der Waals surface area contributed by atoms with E-state index in [0.717, 1.165) is 0 Å². The summed E-state index contributed by atoms with van der Waals surface area (Å²) in [6.07, 6.45) is -0.961. The maximum atomic E-state index is 10.9. The molecule has 88 valence electrons. The van der Waals surface area contributed by atoms with Crippen LogP contribution in [-0.2, 0) is 14.3 Å². The van der Waals surface area contributed by atoms with E-state index in [1.807, 2.05) is 0 Å². The van der Waals surface area contributed by atoms with Crippen LogP contribution < -0.4 is 11.1 Å². The average Bonchev–Trinajstić information content (AvgIpc) is 2.14. The summed E-state index contributed by atoms with van der Waals surface area (Å²) in [5.74, 6) is -0.961. The van der Waals surface area contributed by atoms with Gasteiger partial charge in [0.2, 0.25) is 5.91 Å². The molecule has 0 fully saturated rings. The molecule has 0 aliphatic rings. The van der Waals surface area contributed by atoms with Crippen molar-refractivity contribution in [2.45, 2.75) is 32.4 Å². The second kappa shape index (κ2) is 7.19. The van der Waals surface area contributed by atoms with Gasteiger partial charge in [0.1, 0.15) is 0 Å². The van der Waals surface area contributed by atoms with Gasteiger partial charge in [-0.3, -0.25) is 9.59 Å². The number of rotatable bonds is 7. The highest BCUT2D eigenvalue weighted by molar-refractivity contribution is 5.79. The molecule has 0 aliphatic carbocycles. The summed E-state index contributed by atoms with van der Waals surface area (Å²) in [4.78, 5) is 21.6. The number of hydrogen-bond acceptors (Lipinski definition) is 5. The molecule has 0 saturated heterocycles. The summed E-state index contributed by atoms with van der Waals surface area (Å²) in [5.41, 5.74) is 5.00. The van der Waals surface area contributed by atoms with Crippen molar-refractivity contribution < 1.29 is 19.4 Å². The summed E-state index contributed by atoms with van der Waals surface area (Å²) in [6, 6.07) is -0.526. The first kappa shape index (κ1) is 13.9. The van der Waals surface area contributed by atoms with E-state index in [2.05, 4.69) is 10.1 Å². The van der Waals surface area contributed by atoms with Crippen LogP contribution in [0.3, 0.4) is 0 Å². The van der Waals surface area contributed by atoms with Crippen molar-refractivity contribution in [1.29, 1.82) is 0 Å². The molecule has 0 aromatic carbocycles. The number of aliphatic hydroxyl groups excluding tert-OH is 1. The second-order valence-electron chi connectivity index (χ2n) is 3.20. The lowest BCUT2D eigenvalue weighted by Crippen LogP contribution is -2.42. The van der Waals surface area contributed by atoms with Crippen LogP contribution in [0.1, 0.15) is 20.3 Å². The van der Waals surface area contributed by atoms with Gasteiger partial charge in [-0.15, -0.1) is 0 Å². The fourth-order valence-corrected chi connectivity index (χ4v) is 0.898. The first-order valence-corrected chi connectivity index (χ1v) is 4.83. The van der Waals surface area contributed by atoms with Gasteiger partial charge >= 0.3 is 5.97 Å². The number of carbonyl (C=O) groups excluding carboxylic acids is 2. The molecule has 4 N–H and O–H groups in total. The molecule has 0 spiro atoms. The predicted molar refractivity (Wildman–Crippen MR) is 53.9 cm³/mol. The monoisotopic (exact) mass is 218 g/mol. The van der Waals surface area contributed by atoms with Gasteiger partial charge in [0.15, 0.2) is 0 Å². The van der Waals surface area contributed by atoms with Crippen molar-refractivity contribution in [3.05, 3.63) is 0 Å². The molecule has 0 aliphatic heterocycles. The van der Waals surface area contributed by atoms with Gasteiger partial charge in [-0.1, -0.05) is 0 Å². The number of carbonyl (C=O) groups is 2. The number of hydrogen-bond donors (Lipinski definition) is 3. The maximum Gasteiger partial charge on any atom is 0.308 e. The van der Waals surface area contributed by atoms with Crippen molar-refractivity contribution in [2.24, 2.45) is 5.73 Å². The summed E-state index contributed by atoms with van der Waals surface area (Å²) >= 11 is 0. The highest BCUT2D eigenvalue weighted by Crippen LogP contribution is 1.94. The van der Waals surface area contributed by atoms with Gasteiger partial charge in [-0.2, -0.15) is 0 Å². The van der Waals surface area contributed by atoms with Crippen LogP contribution >= 0.6 is 0 Å². The minimum atomic E-state index is -0.870. The minimum Gasteiger partial charge on any atom is -0.466 e. The Morgan fingerprint density at radius 2 is 2.13 bits per heavy atom. The third-order valence-electron chi connectivity index (χ3n) is 1.79. The van der Waals surface area contributed by atoms with Gasteiger partial charge in [-0.05, 0) is 13.8 Å². The van der Waals surface area contributed by atoms with E-state index < -0.39 is 24.0 Å². The molecule has 0 aromatic heterocycles. The first-order chi connectivity index (χ1) is 6.97. The minimum absolute atomic E-state index is 0.0910. The van der Waals surface area contributed by atoms with Crippen molar-refractivity contribution in [3.8, 4) is 0 Å². The van der Waals surface area contributed by atoms with Gasteiger partial charge < -0.3 is 20.9 Å². The van der Waals surface area contributed by atoms with E-state index >= 15 is 0 Å². The molecule has 0 rings (SSSR count). The van der Waals surface area contributed by atoms with Gasteiger partial charge in [0.05, 0.1) is 25.2 Å². The molecule has 6 nitrogen and oxygen atoms in total. The summed E-state index contributed by atoms with van der Waals surface area (Å²) in [5, 5.41) is 12.1. The molecular weight excluding hydrogens is 200 g/mol. The van der Waals surface area contributed by atoms with Crippen LogP contribution in [-0.4, -0.2) is 42.3 Å². The van der Waals surface area contributed by atoms with Crippen molar-refractivity contribution in [2.75, 3.05) is 13.2 Å². The number of ether oxygens (including phenoxy) is 1. The molecule has 0 radical (unpaired) electrons. The Kier molecular flexibility index (Phi) is 6.64. The lowest BCUT2D eigenvalue weighted by Gasteiger charge is -2.14. The molecule has 2 unspecified atom stereocenters. The number of aliphatic hydroxyl groups is 1. The Hall–Kier alpha value is -1.14. The quantitative estimate of drug-likeness (QED) is 0.464. The van der Waals surface area contributed by atoms with Crippen LogP contribution in [0.15, 0.2) is 0 Å². The molecule has 0 aromatic rings. The number of nitrogens with one attached hydrogen (secondary N) is 1. The molecule has 6 heteroatoms. The van der Waals surface area contributed by atoms with Crippen molar-refractivity contribution in [1.82, 2.24) is 5.32 Å². The van der Waals surface area contributed by atoms with E-state index in [4.69, 9.17) is 5.73 Å². The predicted octanol–water partition coefficient (Wildman–Crippen LogP) is -1.24. The highest BCUT2D eigenvalue weighted by atomic mass is 16.5. The highest BCUT2D eigenvalue weighted by Gasteiger charge is 2.14. The topological polar surface area (TPSA) is 102 Å². The lowest BCUT2D eigenvalue weighted by atomic mass is 10.2. The lowest BCUT2D eigenvalue weighted by molar-refractivity contribution is -0.145. The molecule has 1 amide bonds. The third-order valence-corrected chi connectivity index (χ3v) is 1.79. The Balaban J connectivity index is 3.70. The van der Waals surface area contributed by atoms with Crippen LogP contribution in [0, 0.1) is 0 Å². The molecule has 15 heavy (non-hydrogen) atoms. The van der Waals surface area contributed by atoms with Crippen LogP contribution in [0.2, 0.25) is 0 Å². The fraction of sp³-hybridized carbons (Fsp3) is 0.778. The molecule has 0 saturated carbocycles. The number of amides is 1. The second-order valence-corrected chi connectivity index (χ2v) is 3.20. The summed E-state index contributed by atoms with van der Waals surface area (Å²) in [7, 11) is 0. The van der Waals surface area contributed by atoms with Crippen LogP contribution in [0.4, 0.5) is 0 Å². The summed E-state index contributed by atoms with van der Waals surface area (Å²) in [6.45, 7) is 3.69. The zero-order valence-corrected chi connectivity index (χ0v) is 9.03. The van der Waals surface area contributed by atoms with Crippen LogP contribution in [0.25, 0.3) is 0 Å². The SMILES string of the molecule is CCOC(=O)CC(O)CNC(C)C(N)=O. The van der Waals surface area contributed by atoms with E-state index in [9.17, 15) is 14.7 Å². The van der Waals surface area contributed by atoms with E-state index in [0.29, 0.717) is 0 Å². The zero-order valence-electron chi connectivity index (χ0n) is 9.03. The number of esters is 1. The van der Waals surface area contributed by atoms with Crippen LogP contribution in [0.5, 0.6) is 0 Å². The normalized spacial score (nSPS) is 14.3. The maximum absolute atomic E-state index is 10.9. The largest absolute Gasteiger partial charge is 0.466 e.